The van der Waals surface area contributed by atoms with Gasteiger partial charge in [0.2, 0.25) is 5.82 Å². The number of anilines is 1. The summed E-state index contributed by atoms with van der Waals surface area (Å²) in [7, 11) is 0. The number of amides is 1. The second-order valence-corrected chi connectivity index (χ2v) is 7.67. The fraction of sp³-hybridized carbons (Fsp3) is 0.350. The monoisotopic (exact) mass is 382 g/mol. The standard InChI is InChI=1S/C20H22N4O2S/c25-19(21-14-17-6-5-13-27-17)20-22-18(23-26-20)15-7-9-16(10-8-15)24-11-3-1-2-4-12-24/h5-10,13H,1-4,11-12,14H2,(H,21,25). The number of hydrogen-bond acceptors (Lipinski definition) is 6. The van der Waals surface area contributed by atoms with Crippen LogP contribution in [0.5, 0.6) is 0 Å². The van der Waals surface area contributed by atoms with Gasteiger partial charge in [-0.05, 0) is 48.6 Å². The molecule has 6 nitrogen and oxygen atoms in total. The summed E-state index contributed by atoms with van der Waals surface area (Å²) >= 11 is 1.59. The lowest BCUT2D eigenvalue weighted by atomic mass is 10.2. The third-order valence-electron chi connectivity index (χ3n) is 4.72. The number of nitrogens with zero attached hydrogens (tertiary/aromatic N) is 3. The number of nitrogens with one attached hydrogen (secondary N) is 1. The second-order valence-electron chi connectivity index (χ2n) is 6.63. The van der Waals surface area contributed by atoms with Crippen LogP contribution in [0.3, 0.4) is 0 Å². The number of carbonyl (C=O) groups is 1. The maximum atomic E-state index is 12.2. The molecule has 0 atom stereocenters. The molecule has 1 amide bonds. The lowest BCUT2D eigenvalue weighted by Crippen LogP contribution is -2.23. The second kappa shape index (κ2) is 8.35. The van der Waals surface area contributed by atoms with E-state index < -0.39 is 0 Å². The van der Waals surface area contributed by atoms with Crippen LogP contribution in [-0.4, -0.2) is 29.1 Å². The highest BCUT2D eigenvalue weighted by Gasteiger charge is 2.16. The smallest absolute Gasteiger partial charge is 0.316 e. The van der Waals surface area contributed by atoms with E-state index in [0.717, 1.165) is 23.5 Å². The summed E-state index contributed by atoms with van der Waals surface area (Å²) in [5.41, 5.74) is 2.06. The largest absolute Gasteiger partial charge is 0.372 e. The first-order chi connectivity index (χ1) is 13.3. The quantitative estimate of drug-likeness (QED) is 0.719. The van der Waals surface area contributed by atoms with E-state index in [-0.39, 0.29) is 11.8 Å². The van der Waals surface area contributed by atoms with Crippen LogP contribution < -0.4 is 10.2 Å². The van der Waals surface area contributed by atoms with E-state index in [1.165, 1.54) is 31.4 Å². The summed E-state index contributed by atoms with van der Waals surface area (Å²) in [6, 6.07) is 12.1. The Kier molecular flexibility index (Phi) is 5.48. The zero-order valence-electron chi connectivity index (χ0n) is 15.1. The van der Waals surface area contributed by atoms with Crippen LogP contribution >= 0.6 is 11.3 Å². The van der Waals surface area contributed by atoms with Gasteiger partial charge in [-0.1, -0.05) is 24.1 Å². The molecule has 0 saturated carbocycles. The Morgan fingerprint density at radius 1 is 1.11 bits per heavy atom. The number of thiophene rings is 1. The van der Waals surface area contributed by atoms with E-state index in [1.807, 2.05) is 29.6 Å². The van der Waals surface area contributed by atoms with Crippen molar-refractivity contribution in [3.8, 4) is 11.4 Å². The van der Waals surface area contributed by atoms with Crippen LogP contribution in [-0.2, 0) is 6.54 Å². The van der Waals surface area contributed by atoms with Crippen LogP contribution in [0.4, 0.5) is 5.69 Å². The van der Waals surface area contributed by atoms with E-state index in [9.17, 15) is 4.79 Å². The minimum Gasteiger partial charge on any atom is -0.372 e. The molecule has 0 unspecified atom stereocenters. The van der Waals surface area contributed by atoms with Crippen LogP contribution in [0.15, 0.2) is 46.3 Å². The number of benzene rings is 1. The summed E-state index contributed by atoms with van der Waals surface area (Å²) in [6.45, 7) is 2.67. The van der Waals surface area contributed by atoms with Gasteiger partial charge in [0.15, 0.2) is 0 Å². The molecular formula is C20H22N4O2S. The topological polar surface area (TPSA) is 71.3 Å². The molecule has 140 valence electrons. The number of carbonyl (C=O) groups excluding carboxylic acids is 1. The Balaban J connectivity index is 1.40. The predicted molar refractivity (Wildman–Crippen MR) is 106 cm³/mol. The molecule has 1 N–H and O–H groups in total. The normalized spacial score (nSPS) is 14.7. The number of rotatable bonds is 5. The molecule has 3 heterocycles. The Hall–Kier alpha value is -2.67. The zero-order valence-corrected chi connectivity index (χ0v) is 15.9. The molecule has 27 heavy (non-hydrogen) atoms. The average molecular weight is 382 g/mol. The highest BCUT2D eigenvalue weighted by molar-refractivity contribution is 7.09. The maximum absolute atomic E-state index is 12.2. The van der Waals surface area contributed by atoms with Crippen LogP contribution in [0, 0.1) is 0 Å². The molecule has 0 bridgehead atoms. The highest BCUT2D eigenvalue weighted by atomic mass is 32.1. The number of hydrogen-bond donors (Lipinski definition) is 1. The summed E-state index contributed by atoms with van der Waals surface area (Å²) < 4.78 is 5.13. The molecule has 7 heteroatoms. The van der Waals surface area contributed by atoms with Crippen molar-refractivity contribution in [2.24, 2.45) is 0 Å². The molecule has 1 fully saturated rings. The van der Waals surface area contributed by atoms with Crippen molar-refractivity contribution in [2.45, 2.75) is 32.2 Å². The molecule has 4 rings (SSSR count). The van der Waals surface area contributed by atoms with Gasteiger partial charge >= 0.3 is 11.8 Å². The first-order valence-corrected chi connectivity index (χ1v) is 10.2. The van der Waals surface area contributed by atoms with E-state index in [0.29, 0.717) is 12.4 Å². The van der Waals surface area contributed by atoms with Gasteiger partial charge < -0.3 is 14.7 Å². The third-order valence-corrected chi connectivity index (χ3v) is 5.60. The molecule has 1 aliphatic rings. The van der Waals surface area contributed by atoms with Crippen molar-refractivity contribution in [1.82, 2.24) is 15.5 Å². The Morgan fingerprint density at radius 2 is 1.89 bits per heavy atom. The minimum absolute atomic E-state index is 0.0156. The van der Waals surface area contributed by atoms with E-state index in [4.69, 9.17) is 4.52 Å². The van der Waals surface area contributed by atoms with Crippen LogP contribution in [0.1, 0.15) is 41.2 Å². The van der Waals surface area contributed by atoms with Crippen molar-refractivity contribution in [3.05, 3.63) is 52.5 Å². The van der Waals surface area contributed by atoms with E-state index in [2.05, 4.69) is 32.5 Å². The van der Waals surface area contributed by atoms with Gasteiger partial charge in [0, 0.05) is 29.2 Å². The van der Waals surface area contributed by atoms with Crippen molar-refractivity contribution in [2.75, 3.05) is 18.0 Å². The summed E-state index contributed by atoms with van der Waals surface area (Å²) in [5.74, 6) is 0.0557. The molecule has 2 aromatic heterocycles. The third kappa shape index (κ3) is 4.36. The zero-order chi connectivity index (χ0) is 18.5. The molecule has 0 spiro atoms. The minimum atomic E-state index is -0.358. The lowest BCUT2D eigenvalue weighted by molar-refractivity contribution is 0.0907. The van der Waals surface area contributed by atoms with Crippen LogP contribution in [0.25, 0.3) is 11.4 Å². The van der Waals surface area contributed by atoms with Crippen molar-refractivity contribution in [1.29, 1.82) is 0 Å². The lowest BCUT2D eigenvalue weighted by Gasteiger charge is -2.22. The van der Waals surface area contributed by atoms with E-state index in [1.54, 1.807) is 11.3 Å². The fourth-order valence-corrected chi connectivity index (χ4v) is 3.88. The molecule has 0 aliphatic carbocycles. The highest BCUT2D eigenvalue weighted by Crippen LogP contribution is 2.23. The fourth-order valence-electron chi connectivity index (χ4n) is 3.24. The molecule has 1 saturated heterocycles. The molecule has 0 radical (unpaired) electrons. The predicted octanol–water partition coefficient (Wildman–Crippen LogP) is 4.11. The average Bonchev–Trinajstić information content (AvgIpc) is 3.33. The van der Waals surface area contributed by atoms with Crippen molar-refractivity contribution in [3.63, 3.8) is 0 Å². The van der Waals surface area contributed by atoms with E-state index >= 15 is 0 Å². The Morgan fingerprint density at radius 3 is 2.59 bits per heavy atom. The first kappa shape index (κ1) is 17.7. The van der Waals surface area contributed by atoms with Gasteiger partial charge in [0.1, 0.15) is 0 Å². The first-order valence-electron chi connectivity index (χ1n) is 9.29. The van der Waals surface area contributed by atoms with Crippen molar-refractivity contribution >= 4 is 22.9 Å². The van der Waals surface area contributed by atoms with Gasteiger partial charge in [0.05, 0.1) is 6.54 Å². The number of aromatic nitrogens is 2. The summed E-state index contributed by atoms with van der Waals surface area (Å²) in [6.07, 6.45) is 5.12. The summed E-state index contributed by atoms with van der Waals surface area (Å²) in [5, 5.41) is 8.72. The Labute approximate surface area is 162 Å². The molecule has 1 aliphatic heterocycles. The van der Waals surface area contributed by atoms with Crippen LogP contribution in [0.2, 0.25) is 0 Å². The molecule has 1 aromatic carbocycles. The van der Waals surface area contributed by atoms with Gasteiger partial charge in [-0.15, -0.1) is 11.3 Å². The SMILES string of the molecule is O=C(NCc1cccs1)c1nc(-c2ccc(N3CCCCCC3)cc2)no1. The Bertz CT molecular complexity index is 866. The molecular weight excluding hydrogens is 360 g/mol. The molecule has 3 aromatic rings. The van der Waals surface area contributed by atoms with Gasteiger partial charge in [-0.2, -0.15) is 4.98 Å². The van der Waals surface area contributed by atoms with Crippen molar-refractivity contribution < 1.29 is 9.32 Å². The maximum Gasteiger partial charge on any atom is 0.316 e. The summed E-state index contributed by atoms with van der Waals surface area (Å²) in [4.78, 5) is 19.9. The van der Waals surface area contributed by atoms with Gasteiger partial charge in [-0.3, -0.25) is 4.79 Å². The van der Waals surface area contributed by atoms with Gasteiger partial charge in [-0.25, -0.2) is 0 Å². The van der Waals surface area contributed by atoms with Gasteiger partial charge in [0.25, 0.3) is 0 Å².